The van der Waals surface area contributed by atoms with Gasteiger partial charge in [-0.25, -0.2) is 0 Å². The number of nitrogens with zero attached hydrogens (tertiary/aromatic N) is 4. The molecule has 0 radical (unpaired) electrons. The Morgan fingerprint density at radius 1 is 1.09 bits per heavy atom. The van der Waals surface area contributed by atoms with Crippen LogP contribution in [0.3, 0.4) is 0 Å². The van der Waals surface area contributed by atoms with Crippen LogP contribution in [0.15, 0.2) is 12.1 Å². The van der Waals surface area contributed by atoms with Gasteiger partial charge < -0.3 is 9.88 Å². The van der Waals surface area contributed by atoms with Crippen molar-refractivity contribution in [3.63, 3.8) is 0 Å². The fraction of sp³-hybridized carbons (Fsp3) is 0.750. The van der Waals surface area contributed by atoms with Crippen molar-refractivity contribution < 1.29 is 4.79 Å². The van der Waals surface area contributed by atoms with Crippen molar-refractivity contribution in [1.82, 2.24) is 25.0 Å². The second-order valence-electron chi connectivity index (χ2n) is 11.4. The van der Waals surface area contributed by atoms with Crippen molar-refractivity contribution >= 4 is 17.2 Å². The number of carbonyl (C=O) groups excluding carboxylic acids is 1. The number of hydrogen-bond donors (Lipinski definition) is 1. The molecule has 0 aromatic carbocycles. The Hall–Kier alpha value is -1.73. The number of aromatic nitrogens is 3. The van der Waals surface area contributed by atoms with Gasteiger partial charge in [0.15, 0.2) is 0 Å². The predicted octanol–water partition coefficient (Wildman–Crippen LogP) is 5.94. The van der Waals surface area contributed by atoms with Crippen LogP contribution in [-0.4, -0.2) is 44.2 Å². The Balaban J connectivity index is 1.26. The first-order chi connectivity index (χ1) is 16.9. The van der Waals surface area contributed by atoms with Crippen LogP contribution in [0.2, 0.25) is 0 Å². The summed E-state index contributed by atoms with van der Waals surface area (Å²) in [5.41, 5.74) is 0. The summed E-state index contributed by atoms with van der Waals surface area (Å²) in [7, 11) is 0. The first-order valence-electron chi connectivity index (χ1n) is 14.0. The minimum Gasteiger partial charge on any atom is -0.348 e. The van der Waals surface area contributed by atoms with E-state index in [2.05, 4.69) is 64.8 Å². The molecule has 7 heteroatoms. The van der Waals surface area contributed by atoms with E-state index in [0.717, 1.165) is 43.9 Å². The van der Waals surface area contributed by atoms with Crippen LogP contribution in [0.4, 0.5) is 0 Å². The third kappa shape index (κ3) is 5.22. The molecule has 5 rings (SSSR count). The van der Waals surface area contributed by atoms with Crippen LogP contribution in [-0.2, 0) is 11.2 Å². The third-order valence-corrected chi connectivity index (χ3v) is 10.1. The van der Waals surface area contributed by atoms with Crippen LogP contribution in [0.1, 0.15) is 118 Å². The molecule has 3 aliphatic rings. The molecule has 2 bridgehead atoms. The smallest absolute Gasteiger partial charge is 0.223 e. The highest BCUT2D eigenvalue weighted by Crippen LogP contribution is 2.42. The van der Waals surface area contributed by atoms with Crippen LogP contribution in [0, 0.1) is 12.8 Å². The van der Waals surface area contributed by atoms with E-state index in [-0.39, 0.29) is 17.9 Å². The van der Waals surface area contributed by atoms with Crippen LogP contribution in [0.5, 0.6) is 0 Å². The fourth-order valence-corrected chi connectivity index (χ4v) is 7.90. The van der Waals surface area contributed by atoms with E-state index >= 15 is 0 Å². The molecule has 1 aliphatic carbocycles. The van der Waals surface area contributed by atoms with E-state index < -0.39 is 0 Å². The molecule has 4 heterocycles. The van der Waals surface area contributed by atoms with Gasteiger partial charge in [-0.05, 0) is 70.4 Å². The average molecular weight is 498 g/mol. The van der Waals surface area contributed by atoms with E-state index in [0.29, 0.717) is 24.0 Å². The van der Waals surface area contributed by atoms with Crippen LogP contribution >= 0.6 is 11.3 Å². The largest absolute Gasteiger partial charge is 0.348 e. The monoisotopic (exact) mass is 497 g/mol. The molecule has 0 spiro atoms. The molecule has 3 fully saturated rings. The zero-order valence-corrected chi connectivity index (χ0v) is 22.8. The molecular formula is C28H43N5OS. The lowest BCUT2D eigenvalue weighted by Gasteiger charge is -2.40. The minimum absolute atomic E-state index is 0.137. The second-order valence-corrected chi connectivity index (χ2v) is 12.6. The number of aryl methyl sites for hydroxylation is 2. The van der Waals surface area contributed by atoms with E-state index in [4.69, 9.17) is 0 Å². The van der Waals surface area contributed by atoms with Gasteiger partial charge in [-0.1, -0.05) is 33.6 Å². The molecule has 1 saturated carbocycles. The number of fused-ring (bicyclic) bond motifs is 2. The molecule has 1 amide bonds. The molecule has 2 saturated heterocycles. The van der Waals surface area contributed by atoms with E-state index in [9.17, 15) is 4.79 Å². The highest BCUT2D eigenvalue weighted by molar-refractivity contribution is 7.12. The Morgan fingerprint density at radius 2 is 1.80 bits per heavy atom. The molecular weight excluding hydrogens is 454 g/mol. The first kappa shape index (κ1) is 24.9. The maximum atomic E-state index is 13.1. The number of nitrogens with one attached hydrogen (secondary N) is 1. The third-order valence-electron chi connectivity index (χ3n) is 8.73. The summed E-state index contributed by atoms with van der Waals surface area (Å²) in [6, 6.07) is 6.41. The lowest BCUT2D eigenvalue weighted by molar-refractivity contribution is -0.125. The molecule has 1 N–H and O–H groups in total. The van der Waals surface area contributed by atoms with Gasteiger partial charge in [-0.3, -0.25) is 9.69 Å². The van der Waals surface area contributed by atoms with Crippen molar-refractivity contribution in [3.8, 4) is 0 Å². The highest BCUT2D eigenvalue weighted by atomic mass is 32.1. The van der Waals surface area contributed by atoms with Gasteiger partial charge in [-0.2, -0.15) is 0 Å². The summed E-state index contributed by atoms with van der Waals surface area (Å²) in [5.74, 6) is 3.10. The van der Waals surface area contributed by atoms with Crippen LogP contribution in [0.25, 0.3) is 0 Å². The molecule has 2 aromatic rings. The Kier molecular flexibility index (Phi) is 7.63. The SMILES string of the molecule is CCc1ccc([C@H](CCN2C3CCC2CC(n2c(C)nnc2C(C)C)C3)NC(=O)C2CCCC2)s1. The normalized spacial score (nSPS) is 26.0. The molecule has 2 aliphatic heterocycles. The van der Waals surface area contributed by atoms with Gasteiger partial charge in [0.25, 0.3) is 0 Å². The predicted molar refractivity (Wildman–Crippen MR) is 142 cm³/mol. The van der Waals surface area contributed by atoms with Gasteiger partial charge in [-0.15, -0.1) is 21.5 Å². The molecule has 2 aromatic heterocycles. The quantitative estimate of drug-likeness (QED) is 0.466. The topological polar surface area (TPSA) is 63.1 Å². The average Bonchev–Trinajstić information content (AvgIpc) is 3.63. The van der Waals surface area contributed by atoms with Crippen molar-refractivity contribution in [1.29, 1.82) is 0 Å². The lowest BCUT2D eigenvalue weighted by atomic mass is 9.95. The number of amides is 1. The lowest BCUT2D eigenvalue weighted by Crippen LogP contribution is -2.45. The maximum absolute atomic E-state index is 13.1. The van der Waals surface area contributed by atoms with Gasteiger partial charge in [0, 0.05) is 46.3 Å². The number of thiophene rings is 1. The van der Waals surface area contributed by atoms with Crippen molar-refractivity contribution in [3.05, 3.63) is 33.5 Å². The molecule has 192 valence electrons. The standard InChI is InChI=1S/C28H43N5OS/c1-5-24-12-13-26(35-24)25(29-28(34)20-8-6-7-9-20)14-15-32-21-10-11-22(32)17-23(16-21)33-19(4)30-31-27(33)18(2)3/h12-13,18,20-23,25H,5-11,14-17H2,1-4H3,(H,29,34)/t21?,22?,23?,25-/m0/s1. The van der Waals surface area contributed by atoms with Crippen LogP contribution < -0.4 is 5.32 Å². The Labute approximate surface area is 214 Å². The summed E-state index contributed by atoms with van der Waals surface area (Å²) < 4.78 is 2.44. The zero-order chi connectivity index (χ0) is 24.5. The Bertz CT molecular complexity index is 993. The maximum Gasteiger partial charge on any atom is 0.223 e. The highest BCUT2D eigenvalue weighted by Gasteiger charge is 2.42. The number of hydrogen-bond acceptors (Lipinski definition) is 5. The summed E-state index contributed by atoms with van der Waals surface area (Å²) in [6.45, 7) is 9.83. The minimum atomic E-state index is 0.137. The van der Waals surface area contributed by atoms with Crippen molar-refractivity contribution in [2.24, 2.45) is 5.92 Å². The molecule has 2 unspecified atom stereocenters. The van der Waals surface area contributed by atoms with E-state index in [1.807, 2.05) is 11.3 Å². The number of rotatable bonds is 9. The summed E-state index contributed by atoms with van der Waals surface area (Å²) in [6.07, 6.45) is 11.5. The fourth-order valence-electron chi connectivity index (χ4n) is 6.87. The number of carbonyl (C=O) groups is 1. The summed E-state index contributed by atoms with van der Waals surface area (Å²) >= 11 is 1.88. The van der Waals surface area contributed by atoms with E-state index in [1.54, 1.807) is 0 Å². The summed E-state index contributed by atoms with van der Waals surface area (Å²) in [4.78, 5) is 18.6. The van der Waals surface area contributed by atoms with Crippen molar-refractivity contribution in [2.45, 2.75) is 122 Å². The van der Waals surface area contributed by atoms with E-state index in [1.165, 1.54) is 48.3 Å². The Morgan fingerprint density at radius 3 is 2.43 bits per heavy atom. The van der Waals surface area contributed by atoms with Gasteiger partial charge in [0.2, 0.25) is 5.91 Å². The molecule has 6 nitrogen and oxygen atoms in total. The van der Waals surface area contributed by atoms with Crippen molar-refractivity contribution in [2.75, 3.05) is 6.54 Å². The first-order valence-corrected chi connectivity index (χ1v) is 14.8. The summed E-state index contributed by atoms with van der Waals surface area (Å²) in [5, 5.41) is 12.4. The number of piperidine rings is 1. The van der Waals surface area contributed by atoms with Gasteiger partial charge in [0.1, 0.15) is 11.6 Å². The molecule has 35 heavy (non-hydrogen) atoms. The zero-order valence-electron chi connectivity index (χ0n) is 22.0. The second kappa shape index (κ2) is 10.7. The van der Waals surface area contributed by atoms with Gasteiger partial charge >= 0.3 is 0 Å². The molecule has 3 atom stereocenters. The van der Waals surface area contributed by atoms with Gasteiger partial charge in [0.05, 0.1) is 6.04 Å².